The minimum atomic E-state index is -0.364. The molecule has 148 valence electrons. The summed E-state index contributed by atoms with van der Waals surface area (Å²) in [6.45, 7) is 1.55. The average molecular weight is 383 g/mol. The quantitative estimate of drug-likeness (QED) is 0.847. The summed E-state index contributed by atoms with van der Waals surface area (Å²) in [5.41, 5.74) is 2.43. The molecule has 28 heavy (non-hydrogen) atoms. The fourth-order valence-electron chi connectivity index (χ4n) is 3.80. The summed E-state index contributed by atoms with van der Waals surface area (Å²) < 4.78 is 7.37. The minimum Gasteiger partial charge on any atom is -0.495 e. The Hall–Kier alpha value is -3.03. The number of piperidine rings is 1. The maximum atomic E-state index is 12.4. The van der Waals surface area contributed by atoms with Crippen molar-refractivity contribution in [3.8, 4) is 5.75 Å². The van der Waals surface area contributed by atoms with Gasteiger partial charge in [0.1, 0.15) is 5.75 Å². The molecule has 0 saturated carbocycles. The second kappa shape index (κ2) is 7.92. The summed E-state index contributed by atoms with van der Waals surface area (Å²) >= 11 is 0. The number of amides is 3. The van der Waals surface area contributed by atoms with Gasteiger partial charge in [-0.3, -0.25) is 14.8 Å². The maximum absolute atomic E-state index is 12.4. The first kappa shape index (κ1) is 18.3. The van der Waals surface area contributed by atoms with Gasteiger partial charge < -0.3 is 15.0 Å². The first-order valence-electron chi connectivity index (χ1n) is 9.77. The van der Waals surface area contributed by atoms with E-state index in [1.165, 1.54) is 0 Å². The highest BCUT2D eigenvalue weighted by atomic mass is 16.5. The van der Waals surface area contributed by atoms with Crippen LogP contribution in [0.5, 0.6) is 5.75 Å². The third kappa shape index (κ3) is 3.81. The number of rotatable bonds is 4. The van der Waals surface area contributed by atoms with E-state index in [1.807, 2.05) is 10.7 Å². The number of anilines is 3. The summed E-state index contributed by atoms with van der Waals surface area (Å²) in [4.78, 5) is 26.4. The zero-order valence-electron chi connectivity index (χ0n) is 16.0. The van der Waals surface area contributed by atoms with Crippen LogP contribution in [0.2, 0.25) is 0 Å². The highest BCUT2D eigenvalue weighted by Crippen LogP contribution is 2.33. The van der Waals surface area contributed by atoms with Crippen LogP contribution in [0.4, 0.5) is 22.0 Å². The molecule has 3 amide bonds. The fraction of sp³-hybridized carbons (Fsp3) is 0.450. The largest absolute Gasteiger partial charge is 0.495 e. The Balaban J connectivity index is 1.48. The van der Waals surface area contributed by atoms with Crippen molar-refractivity contribution in [2.24, 2.45) is 0 Å². The number of nitrogens with one attached hydrogen (secondary N) is 2. The molecule has 2 aromatic rings. The Kier molecular flexibility index (Phi) is 5.18. The number of urea groups is 1. The Bertz CT molecular complexity index is 868. The van der Waals surface area contributed by atoms with Crippen LogP contribution in [0.1, 0.15) is 37.8 Å². The molecule has 2 N–H and O–H groups in total. The molecule has 1 aromatic carbocycles. The lowest BCUT2D eigenvalue weighted by Crippen LogP contribution is -2.35. The SMILES string of the molecule is COc1ccc(NC(=O)Nc2cc3n(n2)CCCC3)cc1N1CCCCC1=O. The van der Waals surface area contributed by atoms with Crippen LogP contribution in [-0.2, 0) is 17.8 Å². The summed E-state index contributed by atoms with van der Waals surface area (Å²) in [7, 11) is 1.58. The van der Waals surface area contributed by atoms with Crippen molar-refractivity contribution in [1.29, 1.82) is 0 Å². The second-order valence-electron chi connectivity index (χ2n) is 7.17. The predicted octanol–water partition coefficient (Wildman–Crippen LogP) is 3.39. The van der Waals surface area contributed by atoms with Crippen molar-refractivity contribution in [3.63, 3.8) is 0 Å². The smallest absolute Gasteiger partial charge is 0.324 e. The number of methoxy groups -OCH3 is 1. The minimum absolute atomic E-state index is 0.0785. The zero-order valence-corrected chi connectivity index (χ0v) is 16.0. The van der Waals surface area contributed by atoms with Gasteiger partial charge in [0.05, 0.1) is 12.8 Å². The van der Waals surface area contributed by atoms with Crippen molar-refractivity contribution in [3.05, 3.63) is 30.0 Å². The van der Waals surface area contributed by atoms with Crippen LogP contribution in [0.15, 0.2) is 24.3 Å². The third-order valence-electron chi connectivity index (χ3n) is 5.21. The predicted molar refractivity (Wildman–Crippen MR) is 107 cm³/mol. The lowest BCUT2D eigenvalue weighted by Gasteiger charge is -2.28. The van der Waals surface area contributed by atoms with Crippen LogP contribution in [0, 0.1) is 0 Å². The third-order valence-corrected chi connectivity index (χ3v) is 5.21. The standard InChI is InChI=1S/C20H25N5O3/c1-28-17-9-8-14(12-16(17)24-10-4-3-7-19(24)26)21-20(27)22-18-13-15-6-2-5-11-25(15)23-18/h8-9,12-13H,2-7,10-11H2,1H3,(H2,21,22,23,27). The number of fused-ring (bicyclic) bond motifs is 1. The Morgan fingerprint density at radius 3 is 2.68 bits per heavy atom. The van der Waals surface area contributed by atoms with E-state index in [0.29, 0.717) is 35.9 Å². The molecule has 3 heterocycles. The first-order chi connectivity index (χ1) is 13.6. The van der Waals surface area contributed by atoms with Gasteiger partial charge in [0.15, 0.2) is 5.82 Å². The van der Waals surface area contributed by atoms with Crippen molar-refractivity contribution in [1.82, 2.24) is 9.78 Å². The van der Waals surface area contributed by atoms with E-state index < -0.39 is 0 Å². The highest BCUT2D eigenvalue weighted by Gasteiger charge is 2.23. The van der Waals surface area contributed by atoms with Gasteiger partial charge in [0.2, 0.25) is 5.91 Å². The number of hydrogen-bond acceptors (Lipinski definition) is 4. The zero-order chi connectivity index (χ0) is 19.5. The molecule has 0 spiro atoms. The molecule has 1 fully saturated rings. The Morgan fingerprint density at radius 2 is 1.89 bits per heavy atom. The summed E-state index contributed by atoms with van der Waals surface area (Å²) in [5.74, 6) is 1.24. The lowest BCUT2D eigenvalue weighted by atomic mass is 10.1. The van der Waals surface area contributed by atoms with E-state index in [0.717, 1.165) is 44.3 Å². The molecule has 4 rings (SSSR count). The average Bonchev–Trinajstić information content (AvgIpc) is 3.10. The number of nitrogens with zero attached hydrogens (tertiary/aromatic N) is 3. The molecule has 8 heteroatoms. The van der Waals surface area contributed by atoms with Gasteiger partial charge >= 0.3 is 6.03 Å². The summed E-state index contributed by atoms with van der Waals surface area (Å²) in [6, 6.07) is 6.86. The van der Waals surface area contributed by atoms with Gasteiger partial charge in [0.25, 0.3) is 0 Å². The van der Waals surface area contributed by atoms with Crippen molar-refractivity contribution in [2.45, 2.75) is 45.1 Å². The number of benzene rings is 1. The monoisotopic (exact) mass is 383 g/mol. The molecule has 2 aliphatic rings. The van der Waals surface area contributed by atoms with E-state index in [1.54, 1.807) is 30.2 Å². The Morgan fingerprint density at radius 1 is 1.07 bits per heavy atom. The first-order valence-corrected chi connectivity index (χ1v) is 9.77. The highest BCUT2D eigenvalue weighted by molar-refractivity contribution is 6.01. The number of aromatic nitrogens is 2. The van der Waals surface area contributed by atoms with E-state index in [4.69, 9.17) is 4.74 Å². The molecular formula is C20H25N5O3. The van der Waals surface area contributed by atoms with E-state index in [9.17, 15) is 9.59 Å². The van der Waals surface area contributed by atoms with Crippen LogP contribution in [0.25, 0.3) is 0 Å². The molecular weight excluding hydrogens is 358 g/mol. The van der Waals surface area contributed by atoms with Crippen LogP contribution < -0.4 is 20.3 Å². The van der Waals surface area contributed by atoms with Gasteiger partial charge in [-0.1, -0.05) is 0 Å². The number of carbonyl (C=O) groups excluding carboxylic acids is 2. The molecule has 1 aromatic heterocycles. The molecule has 2 aliphatic heterocycles. The molecule has 1 saturated heterocycles. The van der Waals surface area contributed by atoms with Gasteiger partial charge in [-0.2, -0.15) is 5.10 Å². The number of hydrogen-bond donors (Lipinski definition) is 2. The summed E-state index contributed by atoms with van der Waals surface area (Å²) in [5, 5.41) is 10.0. The Labute approximate surface area is 163 Å². The van der Waals surface area contributed by atoms with Crippen LogP contribution in [-0.4, -0.2) is 35.4 Å². The molecule has 0 radical (unpaired) electrons. The second-order valence-corrected chi connectivity index (χ2v) is 7.17. The van der Waals surface area contributed by atoms with Crippen LogP contribution in [0.3, 0.4) is 0 Å². The van der Waals surface area contributed by atoms with E-state index in [2.05, 4.69) is 15.7 Å². The van der Waals surface area contributed by atoms with Crippen molar-refractivity contribution >= 4 is 29.1 Å². The number of aryl methyl sites for hydroxylation is 2. The van der Waals surface area contributed by atoms with E-state index in [-0.39, 0.29) is 11.9 Å². The lowest BCUT2D eigenvalue weighted by molar-refractivity contribution is -0.119. The van der Waals surface area contributed by atoms with Gasteiger partial charge in [-0.25, -0.2) is 4.79 Å². The number of carbonyl (C=O) groups is 2. The molecule has 0 atom stereocenters. The van der Waals surface area contributed by atoms with Crippen molar-refractivity contribution in [2.75, 3.05) is 29.2 Å². The molecule has 0 bridgehead atoms. The molecule has 0 unspecified atom stereocenters. The maximum Gasteiger partial charge on any atom is 0.324 e. The molecule has 0 aliphatic carbocycles. The number of ether oxygens (including phenoxy) is 1. The van der Waals surface area contributed by atoms with Gasteiger partial charge in [-0.15, -0.1) is 0 Å². The summed E-state index contributed by atoms with van der Waals surface area (Å²) in [6.07, 6.45) is 5.66. The van der Waals surface area contributed by atoms with Crippen molar-refractivity contribution < 1.29 is 14.3 Å². The van der Waals surface area contributed by atoms with Gasteiger partial charge in [0, 0.05) is 37.0 Å². The topological polar surface area (TPSA) is 88.5 Å². The molecule has 8 nitrogen and oxygen atoms in total. The fourth-order valence-corrected chi connectivity index (χ4v) is 3.80. The van der Waals surface area contributed by atoms with Crippen LogP contribution >= 0.6 is 0 Å². The normalized spacial score (nSPS) is 16.5. The van der Waals surface area contributed by atoms with E-state index >= 15 is 0 Å². The van der Waals surface area contributed by atoms with Gasteiger partial charge in [-0.05, 0) is 50.3 Å².